The topological polar surface area (TPSA) is 60.2 Å². The molecule has 0 aromatic carbocycles. The monoisotopic (exact) mass is 289 g/mol. The minimum atomic E-state index is 0.530. The van der Waals surface area contributed by atoms with Crippen molar-refractivity contribution in [3.8, 4) is 5.88 Å². The molecule has 2 aliphatic carbocycles. The molecule has 0 bridgehead atoms. The summed E-state index contributed by atoms with van der Waals surface area (Å²) in [6.45, 7) is 3.11. The highest BCUT2D eigenvalue weighted by Gasteiger charge is 2.23. The molecule has 2 unspecified atom stereocenters. The standard InChI is InChI=1S/C17H27N3O/c1-12-3-2-4-14(8-5-12)19-16-10-9-15(18)17(20-16)21-11-13-6-7-13/h9-10,12-14H,2-8,11,18H2,1H3,(H,19,20). The van der Waals surface area contributed by atoms with Crippen LogP contribution >= 0.6 is 0 Å². The van der Waals surface area contributed by atoms with E-state index in [0.717, 1.165) is 18.3 Å². The third-order valence-corrected chi connectivity index (χ3v) is 4.65. The first-order chi connectivity index (χ1) is 10.2. The lowest BCUT2D eigenvalue weighted by molar-refractivity contribution is 0.290. The summed E-state index contributed by atoms with van der Waals surface area (Å²) in [5.41, 5.74) is 6.59. The number of anilines is 2. The molecule has 1 heterocycles. The molecule has 0 saturated heterocycles. The molecule has 2 atom stereocenters. The van der Waals surface area contributed by atoms with Crippen LogP contribution in [-0.2, 0) is 0 Å². The summed E-state index contributed by atoms with van der Waals surface area (Å²) < 4.78 is 5.76. The van der Waals surface area contributed by atoms with Crippen LogP contribution < -0.4 is 15.8 Å². The molecule has 1 aromatic heterocycles. The largest absolute Gasteiger partial charge is 0.476 e. The van der Waals surface area contributed by atoms with E-state index in [1.807, 2.05) is 12.1 Å². The fraction of sp³-hybridized carbons (Fsp3) is 0.706. The van der Waals surface area contributed by atoms with Crippen LogP contribution in [0.4, 0.5) is 11.5 Å². The number of hydrogen-bond acceptors (Lipinski definition) is 4. The van der Waals surface area contributed by atoms with Crippen molar-refractivity contribution in [2.24, 2.45) is 11.8 Å². The summed E-state index contributed by atoms with van der Waals surface area (Å²) in [5.74, 6) is 3.06. The summed E-state index contributed by atoms with van der Waals surface area (Å²) >= 11 is 0. The van der Waals surface area contributed by atoms with E-state index in [-0.39, 0.29) is 0 Å². The van der Waals surface area contributed by atoms with Crippen LogP contribution in [0.3, 0.4) is 0 Å². The summed E-state index contributed by atoms with van der Waals surface area (Å²) in [6, 6.07) is 4.40. The Hall–Kier alpha value is -1.45. The van der Waals surface area contributed by atoms with Crippen LogP contribution in [-0.4, -0.2) is 17.6 Å². The van der Waals surface area contributed by atoms with Crippen molar-refractivity contribution < 1.29 is 4.74 Å². The summed E-state index contributed by atoms with van der Waals surface area (Å²) in [7, 11) is 0. The molecular formula is C17H27N3O. The molecule has 4 heteroatoms. The van der Waals surface area contributed by atoms with E-state index >= 15 is 0 Å². The van der Waals surface area contributed by atoms with E-state index in [1.165, 1.54) is 44.9 Å². The Bertz CT molecular complexity index is 473. The lowest BCUT2D eigenvalue weighted by Gasteiger charge is -2.18. The van der Waals surface area contributed by atoms with Gasteiger partial charge in [-0.15, -0.1) is 0 Å². The highest BCUT2D eigenvalue weighted by Crippen LogP contribution is 2.31. The first-order valence-electron chi connectivity index (χ1n) is 8.36. The van der Waals surface area contributed by atoms with E-state index in [0.29, 0.717) is 23.5 Å². The van der Waals surface area contributed by atoms with Crippen LogP contribution in [0.15, 0.2) is 12.1 Å². The van der Waals surface area contributed by atoms with Gasteiger partial charge in [-0.3, -0.25) is 0 Å². The normalized spacial score (nSPS) is 26.1. The molecule has 0 aliphatic heterocycles. The molecule has 2 fully saturated rings. The van der Waals surface area contributed by atoms with E-state index in [4.69, 9.17) is 10.5 Å². The van der Waals surface area contributed by atoms with Crippen molar-refractivity contribution in [3.05, 3.63) is 12.1 Å². The van der Waals surface area contributed by atoms with E-state index < -0.39 is 0 Å². The Morgan fingerprint density at radius 3 is 2.86 bits per heavy atom. The predicted molar refractivity (Wildman–Crippen MR) is 86.5 cm³/mol. The minimum Gasteiger partial charge on any atom is -0.476 e. The van der Waals surface area contributed by atoms with Crippen LogP contribution in [0.25, 0.3) is 0 Å². The molecule has 1 aromatic rings. The number of pyridine rings is 1. The van der Waals surface area contributed by atoms with Gasteiger partial charge in [0, 0.05) is 6.04 Å². The van der Waals surface area contributed by atoms with Crippen molar-refractivity contribution in [3.63, 3.8) is 0 Å². The zero-order valence-corrected chi connectivity index (χ0v) is 13.0. The number of nitrogens with one attached hydrogen (secondary N) is 1. The van der Waals surface area contributed by atoms with Gasteiger partial charge in [-0.2, -0.15) is 4.98 Å². The van der Waals surface area contributed by atoms with Crippen molar-refractivity contribution in [1.29, 1.82) is 0 Å². The van der Waals surface area contributed by atoms with Crippen LogP contribution in [0.1, 0.15) is 51.9 Å². The smallest absolute Gasteiger partial charge is 0.239 e. The van der Waals surface area contributed by atoms with E-state index in [2.05, 4.69) is 17.2 Å². The van der Waals surface area contributed by atoms with Crippen molar-refractivity contribution in [2.75, 3.05) is 17.7 Å². The number of nitrogens with two attached hydrogens (primary N) is 1. The first-order valence-corrected chi connectivity index (χ1v) is 8.36. The fourth-order valence-corrected chi connectivity index (χ4v) is 2.97. The molecule has 0 radical (unpaired) electrons. The third kappa shape index (κ3) is 4.26. The molecular weight excluding hydrogens is 262 g/mol. The van der Waals surface area contributed by atoms with Crippen molar-refractivity contribution in [1.82, 2.24) is 4.98 Å². The van der Waals surface area contributed by atoms with Gasteiger partial charge in [0.25, 0.3) is 0 Å². The van der Waals surface area contributed by atoms with Gasteiger partial charge in [-0.05, 0) is 56.1 Å². The number of hydrogen-bond donors (Lipinski definition) is 2. The molecule has 3 rings (SSSR count). The highest BCUT2D eigenvalue weighted by molar-refractivity contribution is 5.53. The molecule has 4 nitrogen and oxygen atoms in total. The maximum absolute atomic E-state index is 5.96. The average Bonchev–Trinajstić information content (AvgIpc) is 3.29. The molecule has 21 heavy (non-hydrogen) atoms. The second kappa shape index (κ2) is 6.54. The van der Waals surface area contributed by atoms with Gasteiger partial charge in [0.15, 0.2) is 0 Å². The lowest BCUT2D eigenvalue weighted by Crippen LogP contribution is -2.19. The molecule has 116 valence electrons. The van der Waals surface area contributed by atoms with Gasteiger partial charge in [0.1, 0.15) is 5.82 Å². The number of nitrogens with zero attached hydrogens (tertiary/aromatic N) is 1. The SMILES string of the molecule is CC1CCCC(Nc2ccc(N)c(OCC3CC3)n2)CC1. The van der Waals surface area contributed by atoms with Crippen LogP contribution in [0.5, 0.6) is 5.88 Å². The molecule has 3 N–H and O–H groups in total. The number of rotatable bonds is 5. The van der Waals surface area contributed by atoms with Gasteiger partial charge in [-0.1, -0.05) is 19.8 Å². The molecule has 0 amide bonds. The van der Waals surface area contributed by atoms with Gasteiger partial charge < -0.3 is 15.8 Å². The van der Waals surface area contributed by atoms with E-state index in [1.54, 1.807) is 0 Å². The Kier molecular flexibility index (Phi) is 4.51. The zero-order chi connectivity index (χ0) is 14.7. The van der Waals surface area contributed by atoms with Crippen LogP contribution in [0, 0.1) is 11.8 Å². The van der Waals surface area contributed by atoms with Gasteiger partial charge in [0.05, 0.1) is 12.3 Å². The maximum Gasteiger partial charge on any atom is 0.239 e. The van der Waals surface area contributed by atoms with E-state index in [9.17, 15) is 0 Å². The maximum atomic E-state index is 5.96. The lowest BCUT2D eigenvalue weighted by atomic mass is 10.0. The number of ether oxygens (including phenoxy) is 1. The van der Waals surface area contributed by atoms with Gasteiger partial charge in [-0.25, -0.2) is 0 Å². The second-order valence-corrected chi connectivity index (χ2v) is 6.80. The second-order valence-electron chi connectivity index (χ2n) is 6.80. The predicted octanol–water partition coefficient (Wildman–Crippen LogP) is 3.83. The summed E-state index contributed by atoms with van der Waals surface area (Å²) in [4.78, 5) is 4.56. The average molecular weight is 289 g/mol. The Morgan fingerprint density at radius 1 is 1.19 bits per heavy atom. The van der Waals surface area contributed by atoms with Gasteiger partial charge >= 0.3 is 0 Å². The van der Waals surface area contributed by atoms with Crippen LogP contribution in [0.2, 0.25) is 0 Å². The molecule has 0 spiro atoms. The first kappa shape index (κ1) is 14.5. The third-order valence-electron chi connectivity index (χ3n) is 4.65. The quantitative estimate of drug-likeness (QED) is 0.809. The Morgan fingerprint density at radius 2 is 2.05 bits per heavy atom. The minimum absolute atomic E-state index is 0.530. The molecule has 2 aliphatic rings. The Labute approximate surface area is 127 Å². The zero-order valence-electron chi connectivity index (χ0n) is 13.0. The van der Waals surface area contributed by atoms with Crippen molar-refractivity contribution in [2.45, 2.75) is 57.9 Å². The number of nitrogen functional groups attached to an aromatic ring is 1. The Balaban J connectivity index is 1.59. The van der Waals surface area contributed by atoms with Crippen molar-refractivity contribution >= 4 is 11.5 Å². The van der Waals surface area contributed by atoms with Gasteiger partial charge in [0.2, 0.25) is 5.88 Å². The fourth-order valence-electron chi connectivity index (χ4n) is 2.97. The summed E-state index contributed by atoms with van der Waals surface area (Å²) in [5, 5.41) is 3.57. The molecule has 2 saturated carbocycles. The number of aromatic nitrogens is 1. The highest BCUT2D eigenvalue weighted by atomic mass is 16.5. The summed E-state index contributed by atoms with van der Waals surface area (Å²) in [6.07, 6.45) is 8.97.